The van der Waals surface area contributed by atoms with Gasteiger partial charge < -0.3 is 4.74 Å². The molecule has 0 amide bonds. The number of hydrogen-bond acceptors (Lipinski definition) is 4. The zero-order chi connectivity index (χ0) is 10.7. The average Bonchev–Trinajstić information content (AvgIpc) is 2.25. The number of pyridine rings is 1. The monoisotopic (exact) mass is 265 g/mol. The van der Waals surface area contributed by atoms with Crippen LogP contribution in [0, 0.1) is 6.92 Å². The molecule has 0 aliphatic heterocycles. The van der Waals surface area contributed by atoms with E-state index in [0.717, 1.165) is 10.2 Å². The third-order valence-electron chi connectivity index (χ3n) is 1.76. The molecule has 0 atom stereocenters. The average molecular weight is 266 g/mol. The van der Waals surface area contributed by atoms with E-state index in [4.69, 9.17) is 4.74 Å². The van der Waals surface area contributed by atoms with Gasteiger partial charge in [-0.05, 0) is 35.0 Å². The fraction of sp³-hybridized carbons (Fsp3) is 0.100. The number of ether oxygens (including phenoxy) is 1. The molecule has 2 rings (SSSR count). The number of nitrogens with zero attached hydrogens (tertiary/aromatic N) is 3. The molecule has 0 unspecified atom stereocenters. The standard InChI is InChI=1S/C10H8BrN3O/c1-7-9(3-2-4-12-7)15-10-13-5-8(11)6-14-10/h2-6H,1H3. The van der Waals surface area contributed by atoms with Crippen LogP contribution in [0.15, 0.2) is 35.2 Å². The van der Waals surface area contributed by atoms with Crippen molar-refractivity contribution in [3.05, 3.63) is 40.9 Å². The van der Waals surface area contributed by atoms with Crippen molar-refractivity contribution in [3.63, 3.8) is 0 Å². The van der Waals surface area contributed by atoms with Crippen LogP contribution in [-0.4, -0.2) is 15.0 Å². The predicted octanol–water partition coefficient (Wildman–Crippen LogP) is 2.73. The normalized spacial score (nSPS) is 10.0. The number of halogens is 1. The molecule has 2 aromatic heterocycles. The summed E-state index contributed by atoms with van der Waals surface area (Å²) in [6, 6.07) is 3.95. The number of hydrogen-bond donors (Lipinski definition) is 0. The van der Waals surface area contributed by atoms with Crippen LogP contribution >= 0.6 is 15.9 Å². The fourth-order valence-electron chi connectivity index (χ4n) is 1.03. The molecule has 0 saturated carbocycles. The van der Waals surface area contributed by atoms with Crippen LogP contribution in [0.1, 0.15) is 5.69 Å². The van der Waals surface area contributed by atoms with E-state index in [0.29, 0.717) is 11.8 Å². The summed E-state index contributed by atoms with van der Waals surface area (Å²) in [5.41, 5.74) is 0.809. The highest BCUT2D eigenvalue weighted by atomic mass is 79.9. The molecule has 2 heterocycles. The minimum atomic E-state index is 0.314. The van der Waals surface area contributed by atoms with Crippen LogP contribution in [0.5, 0.6) is 11.8 Å². The van der Waals surface area contributed by atoms with Gasteiger partial charge in [-0.1, -0.05) is 0 Å². The van der Waals surface area contributed by atoms with Crippen LogP contribution in [-0.2, 0) is 0 Å². The molecule has 0 aliphatic rings. The molecule has 0 bridgehead atoms. The van der Waals surface area contributed by atoms with E-state index in [1.165, 1.54) is 0 Å². The van der Waals surface area contributed by atoms with Crippen molar-refractivity contribution in [1.29, 1.82) is 0 Å². The number of aromatic nitrogens is 3. The first-order valence-corrected chi connectivity index (χ1v) is 5.12. The maximum atomic E-state index is 5.46. The van der Waals surface area contributed by atoms with Crippen molar-refractivity contribution in [1.82, 2.24) is 15.0 Å². The first kappa shape index (κ1) is 10.0. The zero-order valence-corrected chi connectivity index (χ0v) is 9.60. The molecular formula is C10H8BrN3O. The van der Waals surface area contributed by atoms with Crippen molar-refractivity contribution in [2.75, 3.05) is 0 Å². The SMILES string of the molecule is Cc1ncccc1Oc1ncc(Br)cn1. The highest BCUT2D eigenvalue weighted by molar-refractivity contribution is 9.10. The maximum Gasteiger partial charge on any atom is 0.321 e. The van der Waals surface area contributed by atoms with Gasteiger partial charge in [0.2, 0.25) is 0 Å². The van der Waals surface area contributed by atoms with Crippen LogP contribution in [0.25, 0.3) is 0 Å². The third-order valence-corrected chi connectivity index (χ3v) is 2.17. The van der Waals surface area contributed by atoms with E-state index in [1.807, 2.05) is 13.0 Å². The van der Waals surface area contributed by atoms with Crippen molar-refractivity contribution in [2.24, 2.45) is 0 Å². The Labute approximate surface area is 95.5 Å². The van der Waals surface area contributed by atoms with Gasteiger partial charge in [-0.15, -0.1) is 0 Å². The van der Waals surface area contributed by atoms with E-state index < -0.39 is 0 Å². The predicted molar refractivity (Wildman–Crippen MR) is 58.8 cm³/mol. The van der Waals surface area contributed by atoms with E-state index in [2.05, 4.69) is 30.9 Å². The highest BCUT2D eigenvalue weighted by Gasteiger charge is 2.02. The molecular weight excluding hydrogens is 258 g/mol. The summed E-state index contributed by atoms with van der Waals surface area (Å²) in [4.78, 5) is 12.1. The van der Waals surface area contributed by atoms with Gasteiger partial charge in [0, 0.05) is 18.6 Å². The Morgan fingerprint density at radius 3 is 2.60 bits per heavy atom. The molecule has 0 aliphatic carbocycles. The molecule has 4 nitrogen and oxygen atoms in total. The summed E-state index contributed by atoms with van der Waals surface area (Å²) in [5.74, 6) is 0.667. The van der Waals surface area contributed by atoms with Crippen LogP contribution in [0.2, 0.25) is 0 Å². The van der Waals surface area contributed by atoms with Gasteiger partial charge in [0.15, 0.2) is 5.75 Å². The van der Waals surface area contributed by atoms with Gasteiger partial charge in [0.1, 0.15) is 0 Å². The first-order valence-electron chi connectivity index (χ1n) is 4.33. The minimum absolute atomic E-state index is 0.314. The molecule has 0 N–H and O–H groups in total. The Hall–Kier alpha value is -1.49. The van der Waals surface area contributed by atoms with Crippen LogP contribution in [0.3, 0.4) is 0 Å². The summed E-state index contributed by atoms with van der Waals surface area (Å²) in [6.07, 6.45) is 4.98. The van der Waals surface area contributed by atoms with Crippen molar-refractivity contribution < 1.29 is 4.74 Å². The molecule has 0 spiro atoms. The first-order chi connectivity index (χ1) is 7.25. The Bertz CT molecular complexity index is 458. The number of aryl methyl sites for hydroxylation is 1. The molecule has 15 heavy (non-hydrogen) atoms. The van der Waals surface area contributed by atoms with Gasteiger partial charge in [-0.25, -0.2) is 9.97 Å². The Kier molecular flexibility index (Phi) is 2.91. The Morgan fingerprint density at radius 1 is 1.20 bits per heavy atom. The van der Waals surface area contributed by atoms with Crippen molar-refractivity contribution in [2.45, 2.75) is 6.92 Å². The summed E-state index contributed by atoms with van der Waals surface area (Å²) in [5, 5.41) is 0. The van der Waals surface area contributed by atoms with Gasteiger partial charge in [0.25, 0.3) is 0 Å². The molecule has 0 saturated heterocycles. The summed E-state index contributed by atoms with van der Waals surface area (Å²) in [6.45, 7) is 1.87. The van der Waals surface area contributed by atoms with E-state index in [9.17, 15) is 0 Å². The Morgan fingerprint density at radius 2 is 1.93 bits per heavy atom. The smallest absolute Gasteiger partial charge is 0.321 e. The van der Waals surface area contributed by atoms with E-state index >= 15 is 0 Å². The summed E-state index contributed by atoms with van der Waals surface area (Å²) in [7, 11) is 0. The lowest BCUT2D eigenvalue weighted by atomic mass is 10.3. The van der Waals surface area contributed by atoms with Gasteiger partial charge in [0.05, 0.1) is 10.2 Å². The third kappa shape index (κ3) is 2.50. The summed E-state index contributed by atoms with van der Waals surface area (Å²) >= 11 is 3.25. The Balaban J connectivity index is 2.22. The van der Waals surface area contributed by atoms with Crippen molar-refractivity contribution >= 4 is 15.9 Å². The highest BCUT2D eigenvalue weighted by Crippen LogP contribution is 2.20. The van der Waals surface area contributed by atoms with Crippen LogP contribution < -0.4 is 4.74 Å². The lowest BCUT2D eigenvalue weighted by Gasteiger charge is -2.04. The second-order valence-electron chi connectivity index (χ2n) is 2.87. The molecule has 0 radical (unpaired) electrons. The zero-order valence-electron chi connectivity index (χ0n) is 8.01. The molecule has 76 valence electrons. The quantitative estimate of drug-likeness (QED) is 0.838. The molecule has 5 heteroatoms. The molecule has 2 aromatic rings. The largest absolute Gasteiger partial charge is 0.422 e. The minimum Gasteiger partial charge on any atom is -0.422 e. The maximum absolute atomic E-state index is 5.46. The topological polar surface area (TPSA) is 47.9 Å². The van der Waals surface area contributed by atoms with E-state index in [-0.39, 0.29) is 0 Å². The summed E-state index contributed by atoms with van der Waals surface area (Å²) < 4.78 is 6.28. The van der Waals surface area contributed by atoms with Crippen LogP contribution in [0.4, 0.5) is 0 Å². The second-order valence-corrected chi connectivity index (χ2v) is 3.79. The lowest BCUT2D eigenvalue weighted by Crippen LogP contribution is -1.93. The fourth-order valence-corrected chi connectivity index (χ4v) is 1.23. The van der Waals surface area contributed by atoms with Gasteiger partial charge in [-0.3, -0.25) is 4.98 Å². The van der Waals surface area contributed by atoms with Gasteiger partial charge in [-0.2, -0.15) is 0 Å². The lowest BCUT2D eigenvalue weighted by molar-refractivity contribution is 0.435. The second kappa shape index (κ2) is 4.35. The van der Waals surface area contributed by atoms with Gasteiger partial charge >= 0.3 is 6.01 Å². The number of rotatable bonds is 2. The van der Waals surface area contributed by atoms with E-state index in [1.54, 1.807) is 24.7 Å². The molecule has 0 fully saturated rings. The van der Waals surface area contributed by atoms with Crippen molar-refractivity contribution in [3.8, 4) is 11.8 Å². The molecule has 0 aromatic carbocycles.